The molecule has 0 bridgehead atoms. The molecule has 0 saturated heterocycles. The van der Waals surface area contributed by atoms with Gasteiger partial charge in [-0.25, -0.2) is 0 Å². The Morgan fingerprint density at radius 2 is 0.685 bits per heavy atom. The molecule has 3 N–H and O–H groups in total. The Kier molecular flexibility index (Phi) is 61.0. The number of carbonyl (C=O) groups is 2. The Morgan fingerprint density at radius 1 is 0.384 bits per heavy atom. The van der Waals surface area contributed by atoms with E-state index in [0.29, 0.717) is 19.4 Å². The Labute approximate surface area is 455 Å². The monoisotopic (exact) mass is 1030 g/mol. The smallest absolute Gasteiger partial charge is 0.305 e. The van der Waals surface area contributed by atoms with Gasteiger partial charge >= 0.3 is 5.97 Å². The molecule has 0 aliphatic heterocycles. The Hall–Kier alpha value is -1.92. The first kappa shape index (κ1) is 71.1. The van der Waals surface area contributed by atoms with Crippen LogP contribution in [0.2, 0.25) is 0 Å². The van der Waals surface area contributed by atoms with E-state index in [1.165, 1.54) is 276 Å². The van der Waals surface area contributed by atoms with Gasteiger partial charge in [0, 0.05) is 12.8 Å². The van der Waals surface area contributed by atoms with Crippen molar-refractivity contribution in [1.29, 1.82) is 0 Å². The van der Waals surface area contributed by atoms with E-state index in [1.807, 2.05) is 6.08 Å². The number of aliphatic hydroxyl groups excluding tert-OH is 2. The summed E-state index contributed by atoms with van der Waals surface area (Å²) in [5.41, 5.74) is 0. The van der Waals surface area contributed by atoms with E-state index >= 15 is 0 Å². The predicted molar refractivity (Wildman–Crippen MR) is 319 cm³/mol. The summed E-state index contributed by atoms with van der Waals surface area (Å²) in [6, 6.07) is -0.633. The van der Waals surface area contributed by atoms with E-state index in [2.05, 4.69) is 43.5 Å². The van der Waals surface area contributed by atoms with Gasteiger partial charge in [-0.05, 0) is 64.2 Å². The number of rotatable bonds is 61. The van der Waals surface area contributed by atoms with E-state index in [1.54, 1.807) is 6.08 Å². The molecule has 0 aromatic carbocycles. The summed E-state index contributed by atoms with van der Waals surface area (Å²) in [7, 11) is 0. The predicted octanol–water partition coefficient (Wildman–Crippen LogP) is 20.8. The van der Waals surface area contributed by atoms with Gasteiger partial charge in [-0.2, -0.15) is 0 Å². The highest BCUT2D eigenvalue weighted by atomic mass is 16.5. The SMILES string of the molecule is CCCCC/C=C\C/C=C\CCCCCCCCCCCC(=O)OCCCCCCCCCCCCCCCCCCCC(=O)NC(CO)C(O)/C=C/CCCCCCCCCCCCCCCCCCCC. The number of amides is 1. The van der Waals surface area contributed by atoms with E-state index in [4.69, 9.17) is 4.74 Å². The third kappa shape index (κ3) is 59.2. The zero-order valence-corrected chi connectivity index (χ0v) is 49.1. The number of hydrogen-bond acceptors (Lipinski definition) is 5. The molecule has 6 heteroatoms. The molecule has 0 spiro atoms. The lowest BCUT2D eigenvalue weighted by Gasteiger charge is -2.20. The highest BCUT2D eigenvalue weighted by Gasteiger charge is 2.18. The van der Waals surface area contributed by atoms with Crippen LogP contribution in [-0.4, -0.2) is 47.4 Å². The molecule has 0 heterocycles. The normalized spacial score (nSPS) is 12.8. The second-order valence-corrected chi connectivity index (χ2v) is 22.5. The standard InChI is InChI=1S/C67H127NO5/c1-3-5-7-9-11-13-15-17-19-21-23-25-27-31-35-39-43-47-51-55-59-65(70)64(63-69)68-66(71)60-56-52-48-44-40-36-32-28-26-30-34-38-42-46-50-54-58-62-73-67(72)61-57-53-49-45-41-37-33-29-24-22-20-18-16-14-12-10-8-6-4-2/h12,14,18,20,55,59,64-65,69-70H,3-11,13,15-17,19,21-54,56-58,60-63H2,1-2H3,(H,68,71)/b14-12-,20-18-,59-55+. The van der Waals surface area contributed by atoms with Crippen LogP contribution in [0.15, 0.2) is 36.5 Å². The maximum atomic E-state index is 12.5. The van der Waals surface area contributed by atoms with Crippen molar-refractivity contribution in [2.75, 3.05) is 13.2 Å². The maximum absolute atomic E-state index is 12.5. The molecule has 2 unspecified atom stereocenters. The summed E-state index contributed by atoms with van der Waals surface area (Å²) in [6.07, 6.45) is 79.0. The second kappa shape index (κ2) is 62.6. The van der Waals surface area contributed by atoms with Gasteiger partial charge in [-0.3, -0.25) is 9.59 Å². The average Bonchev–Trinajstić information content (AvgIpc) is 3.39. The van der Waals surface area contributed by atoms with Gasteiger partial charge in [0.05, 0.1) is 25.4 Å². The van der Waals surface area contributed by atoms with Crippen molar-refractivity contribution in [1.82, 2.24) is 5.32 Å². The van der Waals surface area contributed by atoms with Crippen molar-refractivity contribution >= 4 is 11.9 Å². The Morgan fingerprint density at radius 3 is 1.07 bits per heavy atom. The van der Waals surface area contributed by atoms with Crippen LogP contribution in [0.25, 0.3) is 0 Å². The summed E-state index contributed by atoms with van der Waals surface area (Å²) in [5.74, 6) is -0.0693. The number of unbranched alkanes of at least 4 members (excludes halogenated alkanes) is 46. The van der Waals surface area contributed by atoms with Gasteiger partial charge in [0.15, 0.2) is 0 Å². The number of aliphatic hydroxyl groups is 2. The van der Waals surface area contributed by atoms with Crippen molar-refractivity contribution in [3.8, 4) is 0 Å². The molecule has 0 aliphatic carbocycles. The lowest BCUT2D eigenvalue weighted by Crippen LogP contribution is -2.45. The average molecular weight is 1030 g/mol. The molecule has 0 radical (unpaired) electrons. The zero-order valence-electron chi connectivity index (χ0n) is 49.1. The lowest BCUT2D eigenvalue weighted by molar-refractivity contribution is -0.143. The number of carbonyl (C=O) groups excluding carboxylic acids is 2. The van der Waals surface area contributed by atoms with Crippen LogP contribution in [0, 0.1) is 0 Å². The van der Waals surface area contributed by atoms with Crippen LogP contribution in [0.5, 0.6) is 0 Å². The molecule has 430 valence electrons. The van der Waals surface area contributed by atoms with Crippen LogP contribution in [0.3, 0.4) is 0 Å². The van der Waals surface area contributed by atoms with Gasteiger partial charge < -0.3 is 20.3 Å². The van der Waals surface area contributed by atoms with Gasteiger partial charge in [0.2, 0.25) is 5.91 Å². The van der Waals surface area contributed by atoms with Crippen LogP contribution in [0.4, 0.5) is 0 Å². The minimum atomic E-state index is -0.850. The molecule has 6 nitrogen and oxygen atoms in total. The fourth-order valence-electron chi connectivity index (χ4n) is 10.1. The summed E-state index contributed by atoms with van der Waals surface area (Å²) < 4.78 is 5.50. The number of esters is 1. The molecule has 0 aromatic heterocycles. The molecule has 0 rings (SSSR count). The first-order valence-corrected chi connectivity index (χ1v) is 32.8. The highest BCUT2D eigenvalue weighted by Crippen LogP contribution is 2.18. The van der Waals surface area contributed by atoms with Crippen molar-refractivity contribution in [3.63, 3.8) is 0 Å². The first-order chi connectivity index (χ1) is 36.0. The molecule has 0 fully saturated rings. The fraction of sp³-hybridized carbons (Fsp3) is 0.881. The topological polar surface area (TPSA) is 95.9 Å². The summed E-state index contributed by atoms with van der Waals surface area (Å²) >= 11 is 0. The molecule has 0 saturated carbocycles. The molecule has 2 atom stereocenters. The zero-order chi connectivity index (χ0) is 52.9. The van der Waals surface area contributed by atoms with Crippen molar-refractivity contribution in [2.45, 2.75) is 366 Å². The summed E-state index contributed by atoms with van der Waals surface area (Å²) in [6.45, 7) is 4.89. The minimum absolute atomic E-state index is 0.00120. The molecule has 0 aliphatic rings. The molecular formula is C67H127NO5. The van der Waals surface area contributed by atoms with Gasteiger partial charge in [-0.1, -0.05) is 314 Å². The van der Waals surface area contributed by atoms with Crippen molar-refractivity contribution in [2.24, 2.45) is 0 Å². The largest absolute Gasteiger partial charge is 0.466 e. The van der Waals surface area contributed by atoms with Crippen molar-refractivity contribution < 1.29 is 24.5 Å². The van der Waals surface area contributed by atoms with Crippen LogP contribution in [0.1, 0.15) is 354 Å². The molecule has 0 aromatic rings. The Bertz CT molecular complexity index is 1180. The third-order valence-corrected chi connectivity index (χ3v) is 15.2. The maximum Gasteiger partial charge on any atom is 0.305 e. The number of nitrogens with one attached hydrogen (secondary N) is 1. The lowest BCUT2D eigenvalue weighted by atomic mass is 10.0. The van der Waals surface area contributed by atoms with Crippen LogP contribution >= 0.6 is 0 Å². The first-order valence-electron chi connectivity index (χ1n) is 32.8. The number of ether oxygens (including phenoxy) is 1. The summed E-state index contributed by atoms with van der Waals surface area (Å²) in [5, 5.41) is 23.2. The quantitative estimate of drug-likeness (QED) is 0.0320. The van der Waals surface area contributed by atoms with E-state index < -0.39 is 12.1 Å². The third-order valence-electron chi connectivity index (χ3n) is 15.2. The fourth-order valence-corrected chi connectivity index (χ4v) is 10.1. The Balaban J connectivity index is 3.43. The number of hydrogen-bond donors (Lipinski definition) is 3. The van der Waals surface area contributed by atoms with E-state index in [-0.39, 0.29) is 18.5 Å². The van der Waals surface area contributed by atoms with Gasteiger partial charge in [-0.15, -0.1) is 0 Å². The second-order valence-electron chi connectivity index (χ2n) is 22.5. The van der Waals surface area contributed by atoms with Gasteiger partial charge in [0.25, 0.3) is 0 Å². The van der Waals surface area contributed by atoms with E-state index in [9.17, 15) is 19.8 Å². The van der Waals surface area contributed by atoms with Gasteiger partial charge in [0.1, 0.15) is 0 Å². The highest BCUT2D eigenvalue weighted by molar-refractivity contribution is 5.76. The molecule has 73 heavy (non-hydrogen) atoms. The molecular weight excluding hydrogens is 899 g/mol. The summed E-state index contributed by atoms with van der Waals surface area (Å²) in [4.78, 5) is 24.6. The molecule has 1 amide bonds. The van der Waals surface area contributed by atoms with E-state index in [0.717, 1.165) is 51.4 Å². The van der Waals surface area contributed by atoms with Crippen molar-refractivity contribution in [3.05, 3.63) is 36.5 Å². The minimum Gasteiger partial charge on any atom is -0.466 e. The number of allylic oxidation sites excluding steroid dienone is 5. The van der Waals surface area contributed by atoms with Crippen LogP contribution < -0.4 is 5.32 Å². The van der Waals surface area contributed by atoms with Crippen LogP contribution in [-0.2, 0) is 14.3 Å².